The van der Waals surface area contributed by atoms with Crippen LogP contribution in [0.3, 0.4) is 0 Å². The molecule has 1 nitrogen and oxygen atoms in total. The number of rotatable bonds is 2. The lowest BCUT2D eigenvalue weighted by atomic mass is 10.1. The second kappa shape index (κ2) is 4.34. The number of nitrogens with zero attached hydrogens (tertiary/aromatic N) is 1. The zero-order valence-electron chi connectivity index (χ0n) is 10.9. The van der Waals surface area contributed by atoms with Gasteiger partial charge in [0.05, 0.1) is 0 Å². The minimum Gasteiger partial charge on any atom is -0.344 e. The zero-order chi connectivity index (χ0) is 12.5. The molecule has 3 rings (SSSR count). The fraction of sp³-hybridized carbons (Fsp3) is 0.176. The van der Waals surface area contributed by atoms with Crippen LogP contribution in [0.2, 0.25) is 0 Å². The fourth-order valence-electron chi connectivity index (χ4n) is 2.66. The van der Waals surface area contributed by atoms with E-state index in [0.717, 1.165) is 6.54 Å². The first-order chi connectivity index (χ1) is 8.77. The molecule has 0 saturated heterocycles. The van der Waals surface area contributed by atoms with Gasteiger partial charge in [0, 0.05) is 28.7 Å². The summed E-state index contributed by atoms with van der Waals surface area (Å²) in [7, 11) is 0. The molecule has 0 fully saturated rings. The summed E-state index contributed by atoms with van der Waals surface area (Å²) in [6.07, 6.45) is 0. The van der Waals surface area contributed by atoms with Crippen molar-refractivity contribution in [1.82, 2.24) is 4.57 Å². The van der Waals surface area contributed by atoms with Crippen LogP contribution in [0.15, 0.2) is 54.6 Å². The van der Waals surface area contributed by atoms with Crippen molar-refractivity contribution in [2.45, 2.75) is 20.4 Å². The van der Waals surface area contributed by atoms with E-state index in [1.807, 2.05) is 0 Å². The van der Waals surface area contributed by atoms with Gasteiger partial charge in [0.1, 0.15) is 0 Å². The van der Waals surface area contributed by atoms with Gasteiger partial charge in [0.15, 0.2) is 0 Å². The van der Waals surface area contributed by atoms with Crippen LogP contribution >= 0.6 is 0 Å². The van der Waals surface area contributed by atoms with Crippen LogP contribution in [0, 0.1) is 13.8 Å². The van der Waals surface area contributed by atoms with Crippen LogP contribution in [0.25, 0.3) is 10.8 Å². The molecule has 18 heavy (non-hydrogen) atoms. The first-order valence-corrected chi connectivity index (χ1v) is 6.36. The Balaban J connectivity index is 2.12. The molecule has 0 aliphatic carbocycles. The minimum absolute atomic E-state index is 0.952. The van der Waals surface area contributed by atoms with Crippen molar-refractivity contribution < 1.29 is 0 Å². The summed E-state index contributed by atoms with van der Waals surface area (Å²) in [5.41, 5.74) is 4.06. The molecule has 0 radical (unpaired) electrons. The van der Waals surface area contributed by atoms with Crippen molar-refractivity contribution in [1.29, 1.82) is 0 Å². The van der Waals surface area contributed by atoms with E-state index in [4.69, 9.17) is 0 Å². The number of aromatic nitrogens is 1. The quantitative estimate of drug-likeness (QED) is 0.624. The van der Waals surface area contributed by atoms with E-state index < -0.39 is 0 Å². The van der Waals surface area contributed by atoms with Crippen molar-refractivity contribution in [2.24, 2.45) is 0 Å². The number of fused-ring (bicyclic) bond motifs is 1. The molecular formula is C17H17N. The molecule has 0 unspecified atom stereocenters. The lowest BCUT2D eigenvalue weighted by Gasteiger charge is -2.09. The smallest absolute Gasteiger partial charge is 0.0475 e. The first-order valence-electron chi connectivity index (χ1n) is 6.36. The van der Waals surface area contributed by atoms with E-state index in [9.17, 15) is 0 Å². The first kappa shape index (κ1) is 11.1. The molecule has 1 heterocycles. The van der Waals surface area contributed by atoms with Crippen molar-refractivity contribution >= 4 is 10.8 Å². The maximum atomic E-state index is 2.40. The maximum absolute atomic E-state index is 2.40. The number of aryl methyl sites for hydroxylation is 2. The SMILES string of the molecule is Cc1c2ccccc2c(C)n1Cc1ccccc1. The molecule has 0 bridgehead atoms. The summed E-state index contributed by atoms with van der Waals surface area (Å²) >= 11 is 0. The van der Waals surface area contributed by atoms with Crippen LogP contribution in [-0.2, 0) is 6.54 Å². The summed E-state index contributed by atoms with van der Waals surface area (Å²) < 4.78 is 2.40. The predicted molar refractivity (Wildman–Crippen MR) is 77.0 cm³/mol. The lowest BCUT2D eigenvalue weighted by molar-refractivity contribution is 0.754. The Hall–Kier alpha value is -2.02. The molecule has 0 N–H and O–H groups in total. The predicted octanol–water partition coefficient (Wildman–Crippen LogP) is 4.31. The van der Waals surface area contributed by atoms with Crippen molar-refractivity contribution in [3.8, 4) is 0 Å². The van der Waals surface area contributed by atoms with Crippen LogP contribution in [0.5, 0.6) is 0 Å². The minimum atomic E-state index is 0.952. The normalized spacial score (nSPS) is 11.0. The van der Waals surface area contributed by atoms with Crippen LogP contribution in [0.1, 0.15) is 17.0 Å². The Labute approximate surface area is 108 Å². The Morgan fingerprint density at radius 1 is 0.722 bits per heavy atom. The maximum Gasteiger partial charge on any atom is 0.0475 e. The number of hydrogen-bond acceptors (Lipinski definition) is 0. The monoisotopic (exact) mass is 235 g/mol. The molecule has 1 heteroatoms. The van der Waals surface area contributed by atoms with E-state index in [-0.39, 0.29) is 0 Å². The zero-order valence-corrected chi connectivity index (χ0v) is 10.9. The number of benzene rings is 2. The van der Waals surface area contributed by atoms with Gasteiger partial charge in [0.25, 0.3) is 0 Å². The molecule has 0 aliphatic rings. The van der Waals surface area contributed by atoms with Gasteiger partial charge in [-0.15, -0.1) is 0 Å². The highest BCUT2D eigenvalue weighted by molar-refractivity contribution is 5.88. The third-order valence-electron chi connectivity index (χ3n) is 3.70. The highest BCUT2D eigenvalue weighted by Crippen LogP contribution is 2.25. The standard InChI is InChI=1S/C17H17N/c1-13-16-10-6-7-11-17(16)14(2)18(13)12-15-8-4-3-5-9-15/h3-11H,12H2,1-2H3. The topological polar surface area (TPSA) is 4.93 Å². The van der Waals surface area contributed by atoms with Crippen molar-refractivity contribution in [3.63, 3.8) is 0 Å². The van der Waals surface area contributed by atoms with Crippen molar-refractivity contribution in [2.75, 3.05) is 0 Å². The second-order valence-corrected chi connectivity index (χ2v) is 4.79. The molecule has 0 atom stereocenters. The van der Waals surface area contributed by atoms with Gasteiger partial charge in [-0.05, 0) is 19.4 Å². The average molecular weight is 235 g/mol. The highest BCUT2D eigenvalue weighted by Gasteiger charge is 2.09. The Kier molecular flexibility index (Phi) is 2.67. The van der Waals surface area contributed by atoms with Gasteiger partial charge in [-0.3, -0.25) is 0 Å². The third-order valence-corrected chi connectivity index (χ3v) is 3.70. The van der Waals surface area contributed by atoms with Crippen LogP contribution in [0.4, 0.5) is 0 Å². The van der Waals surface area contributed by atoms with Gasteiger partial charge in [0.2, 0.25) is 0 Å². The Bertz CT molecular complexity index is 638. The van der Waals surface area contributed by atoms with Crippen LogP contribution in [-0.4, -0.2) is 4.57 Å². The van der Waals surface area contributed by atoms with E-state index in [1.165, 1.54) is 27.7 Å². The molecular weight excluding hydrogens is 218 g/mol. The second-order valence-electron chi connectivity index (χ2n) is 4.79. The largest absolute Gasteiger partial charge is 0.344 e. The molecule has 0 saturated carbocycles. The average Bonchev–Trinajstić information content (AvgIpc) is 2.66. The molecule has 90 valence electrons. The summed E-state index contributed by atoms with van der Waals surface area (Å²) in [6, 6.07) is 19.3. The third kappa shape index (κ3) is 1.72. The van der Waals surface area contributed by atoms with Crippen molar-refractivity contribution in [3.05, 3.63) is 71.5 Å². The van der Waals surface area contributed by atoms with Crippen LogP contribution < -0.4 is 0 Å². The lowest BCUT2D eigenvalue weighted by Crippen LogP contribution is -2.03. The van der Waals surface area contributed by atoms with E-state index in [0.29, 0.717) is 0 Å². The summed E-state index contributed by atoms with van der Waals surface area (Å²) in [5, 5.41) is 2.73. The van der Waals surface area contributed by atoms with Gasteiger partial charge >= 0.3 is 0 Å². The Morgan fingerprint density at radius 3 is 1.78 bits per heavy atom. The molecule has 0 spiro atoms. The number of hydrogen-bond donors (Lipinski definition) is 0. The van der Waals surface area contributed by atoms with Gasteiger partial charge in [-0.1, -0.05) is 54.6 Å². The summed E-state index contributed by atoms with van der Waals surface area (Å²) in [4.78, 5) is 0. The molecule has 0 amide bonds. The van der Waals surface area contributed by atoms with Gasteiger partial charge in [-0.25, -0.2) is 0 Å². The molecule has 0 aliphatic heterocycles. The fourth-order valence-corrected chi connectivity index (χ4v) is 2.66. The van der Waals surface area contributed by atoms with E-state index in [1.54, 1.807) is 0 Å². The van der Waals surface area contributed by atoms with E-state index >= 15 is 0 Å². The van der Waals surface area contributed by atoms with Gasteiger partial charge in [-0.2, -0.15) is 0 Å². The molecule has 3 aromatic rings. The van der Waals surface area contributed by atoms with E-state index in [2.05, 4.69) is 73.0 Å². The van der Waals surface area contributed by atoms with Gasteiger partial charge < -0.3 is 4.57 Å². The summed E-state index contributed by atoms with van der Waals surface area (Å²) in [5.74, 6) is 0. The molecule has 1 aromatic heterocycles. The molecule has 2 aromatic carbocycles. The Morgan fingerprint density at radius 2 is 1.22 bits per heavy atom. The highest BCUT2D eigenvalue weighted by atomic mass is 15.0. The summed E-state index contributed by atoms with van der Waals surface area (Å²) in [6.45, 7) is 5.36.